The van der Waals surface area contributed by atoms with E-state index in [2.05, 4.69) is 19.2 Å². The second-order valence-corrected chi connectivity index (χ2v) is 4.85. The third-order valence-corrected chi connectivity index (χ3v) is 3.66. The Balaban J connectivity index is 1.92. The number of nitrogens with zero attached hydrogens (tertiary/aromatic N) is 1. The number of nitrogens with one attached hydrogen (secondary N) is 1. The average molecular weight is 196 g/mol. The molecule has 2 saturated heterocycles. The van der Waals surface area contributed by atoms with Crippen LogP contribution in [0, 0.1) is 11.8 Å². The molecule has 0 radical (unpaired) electrons. The Morgan fingerprint density at radius 2 is 1.93 bits per heavy atom. The van der Waals surface area contributed by atoms with E-state index in [-0.39, 0.29) is 6.04 Å². The summed E-state index contributed by atoms with van der Waals surface area (Å²) in [5.41, 5.74) is 0. The summed E-state index contributed by atoms with van der Waals surface area (Å²) in [4.78, 5) is 14.0. The van der Waals surface area contributed by atoms with Crippen molar-refractivity contribution in [1.82, 2.24) is 10.2 Å². The van der Waals surface area contributed by atoms with Crippen LogP contribution in [0.3, 0.4) is 0 Å². The van der Waals surface area contributed by atoms with E-state index >= 15 is 0 Å². The van der Waals surface area contributed by atoms with Gasteiger partial charge in [0.05, 0.1) is 6.04 Å². The molecule has 3 atom stereocenters. The van der Waals surface area contributed by atoms with Gasteiger partial charge in [0.1, 0.15) is 0 Å². The Kier molecular flexibility index (Phi) is 2.77. The highest BCUT2D eigenvalue weighted by Gasteiger charge is 2.33. The van der Waals surface area contributed by atoms with E-state index in [9.17, 15) is 4.79 Å². The number of carbonyl (C=O) groups excluding carboxylic acids is 1. The molecule has 0 spiro atoms. The first-order chi connectivity index (χ1) is 6.68. The molecule has 3 nitrogen and oxygen atoms in total. The quantitative estimate of drug-likeness (QED) is 0.674. The zero-order chi connectivity index (χ0) is 10.1. The second-order valence-electron chi connectivity index (χ2n) is 4.85. The summed E-state index contributed by atoms with van der Waals surface area (Å²) in [6.07, 6.45) is 2.17. The van der Waals surface area contributed by atoms with Gasteiger partial charge in [-0.05, 0) is 31.2 Å². The van der Waals surface area contributed by atoms with Crippen molar-refractivity contribution >= 4 is 5.91 Å². The van der Waals surface area contributed by atoms with Gasteiger partial charge < -0.3 is 10.2 Å². The van der Waals surface area contributed by atoms with E-state index in [0.29, 0.717) is 17.7 Å². The van der Waals surface area contributed by atoms with Crippen LogP contribution in [0.4, 0.5) is 0 Å². The lowest BCUT2D eigenvalue weighted by atomic mass is 10.0. The zero-order valence-corrected chi connectivity index (χ0v) is 9.12. The maximum atomic E-state index is 12.0. The zero-order valence-electron chi connectivity index (χ0n) is 9.12. The maximum Gasteiger partial charge on any atom is 0.239 e. The van der Waals surface area contributed by atoms with E-state index < -0.39 is 0 Å². The maximum absolute atomic E-state index is 12.0. The highest BCUT2D eigenvalue weighted by molar-refractivity contribution is 5.82. The molecule has 0 aromatic heterocycles. The minimum absolute atomic E-state index is 0.118. The number of hydrogen-bond acceptors (Lipinski definition) is 2. The van der Waals surface area contributed by atoms with E-state index in [1.54, 1.807) is 0 Å². The summed E-state index contributed by atoms with van der Waals surface area (Å²) in [6.45, 7) is 7.39. The molecule has 2 aliphatic rings. The molecule has 2 heterocycles. The van der Waals surface area contributed by atoms with Crippen LogP contribution in [0.25, 0.3) is 0 Å². The molecule has 1 N–H and O–H groups in total. The number of likely N-dealkylation sites (tertiary alicyclic amines) is 1. The minimum Gasteiger partial charge on any atom is -0.341 e. The molecular formula is C11H20N2O. The van der Waals surface area contributed by atoms with Crippen LogP contribution in [0.15, 0.2) is 0 Å². The molecular weight excluding hydrogens is 176 g/mol. The number of rotatable bonds is 1. The topological polar surface area (TPSA) is 32.3 Å². The largest absolute Gasteiger partial charge is 0.341 e. The Labute approximate surface area is 85.8 Å². The van der Waals surface area contributed by atoms with Crippen molar-refractivity contribution < 1.29 is 4.79 Å². The Morgan fingerprint density at radius 1 is 1.29 bits per heavy atom. The van der Waals surface area contributed by atoms with Crippen molar-refractivity contribution in [2.45, 2.75) is 32.7 Å². The predicted octanol–water partition coefficient (Wildman–Crippen LogP) is 0.853. The van der Waals surface area contributed by atoms with Crippen molar-refractivity contribution in [3.63, 3.8) is 0 Å². The van der Waals surface area contributed by atoms with Crippen LogP contribution < -0.4 is 5.32 Å². The van der Waals surface area contributed by atoms with Gasteiger partial charge in [0.15, 0.2) is 0 Å². The van der Waals surface area contributed by atoms with Crippen LogP contribution in [0.2, 0.25) is 0 Å². The van der Waals surface area contributed by atoms with Crippen molar-refractivity contribution in [2.24, 2.45) is 11.8 Å². The molecule has 2 unspecified atom stereocenters. The third-order valence-electron chi connectivity index (χ3n) is 3.66. The van der Waals surface area contributed by atoms with Crippen molar-refractivity contribution in [2.75, 3.05) is 19.6 Å². The first-order valence-corrected chi connectivity index (χ1v) is 5.70. The van der Waals surface area contributed by atoms with Gasteiger partial charge in [-0.25, -0.2) is 0 Å². The summed E-state index contributed by atoms with van der Waals surface area (Å²) in [5, 5.41) is 3.27. The SMILES string of the molecule is CC1CN(C(=O)[C@H]2CCCN2)CC1C. The summed E-state index contributed by atoms with van der Waals surface area (Å²) in [6, 6.07) is 0.118. The average Bonchev–Trinajstić information content (AvgIpc) is 2.76. The molecule has 1 amide bonds. The molecule has 0 aromatic rings. The van der Waals surface area contributed by atoms with Gasteiger partial charge in [0.2, 0.25) is 5.91 Å². The fourth-order valence-electron chi connectivity index (χ4n) is 2.43. The Morgan fingerprint density at radius 3 is 2.43 bits per heavy atom. The minimum atomic E-state index is 0.118. The molecule has 2 rings (SSSR count). The molecule has 0 aliphatic carbocycles. The van der Waals surface area contributed by atoms with E-state index in [1.165, 1.54) is 0 Å². The van der Waals surface area contributed by atoms with Crippen molar-refractivity contribution in [3.8, 4) is 0 Å². The summed E-state index contributed by atoms with van der Waals surface area (Å²) in [5.74, 6) is 1.67. The van der Waals surface area contributed by atoms with Gasteiger partial charge in [0, 0.05) is 13.1 Å². The van der Waals surface area contributed by atoms with Gasteiger partial charge in [0.25, 0.3) is 0 Å². The lowest BCUT2D eigenvalue weighted by molar-refractivity contribution is -0.132. The standard InChI is InChI=1S/C11H20N2O/c1-8-6-13(7-9(8)2)11(14)10-4-3-5-12-10/h8-10,12H,3-7H2,1-2H3/t8?,9?,10-/m1/s1. The number of hydrogen-bond donors (Lipinski definition) is 1. The van der Waals surface area contributed by atoms with Crippen molar-refractivity contribution in [1.29, 1.82) is 0 Å². The first kappa shape index (κ1) is 9.97. The third kappa shape index (κ3) is 1.78. The summed E-state index contributed by atoms with van der Waals surface area (Å²) in [7, 11) is 0. The van der Waals surface area contributed by atoms with Crippen LogP contribution in [0.5, 0.6) is 0 Å². The molecule has 0 saturated carbocycles. The fraction of sp³-hybridized carbons (Fsp3) is 0.909. The number of carbonyl (C=O) groups is 1. The predicted molar refractivity (Wildman–Crippen MR) is 55.9 cm³/mol. The van der Waals surface area contributed by atoms with E-state index in [4.69, 9.17) is 0 Å². The first-order valence-electron chi connectivity index (χ1n) is 5.70. The molecule has 0 aromatic carbocycles. The van der Waals surface area contributed by atoms with Gasteiger partial charge in [-0.15, -0.1) is 0 Å². The summed E-state index contributed by atoms with van der Waals surface area (Å²) < 4.78 is 0. The molecule has 3 heteroatoms. The Bertz CT molecular complexity index is 213. The summed E-state index contributed by atoms with van der Waals surface area (Å²) >= 11 is 0. The van der Waals surface area contributed by atoms with Gasteiger partial charge in [-0.2, -0.15) is 0 Å². The second kappa shape index (κ2) is 3.89. The fourth-order valence-corrected chi connectivity index (χ4v) is 2.43. The molecule has 0 bridgehead atoms. The molecule has 80 valence electrons. The smallest absolute Gasteiger partial charge is 0.239 e. The highest BCUT2D eigenvalue weighted by atomic mass is 16.2. The van der Waals surface area contributed by atoms with Crippen LogP contribution >= 0.6 is 0 Å². The lowest BCUT2D eigenvalue weighted by Gasteiger charge is -2.20. The normalized spacial score (nSPS) is 37.9. The van der Waals surface area contributed by atoms with Crippen LogP contribution in [-0.2, 0) is 4.79 Å². The molecule has 2 fully saturated rings. The monoisotopic (exact) mass is 196 g/mol. The highest BCUT2D eigenvalue weighted by Crippen LogP contribution is 2.23. The van der Waals surface area contributed by atoms with E-state index in [1.807, 2.05) is 4.90 Å². The Hall–Kier alpha value is -0.570. The van der Waals surface area contributed by atoms with Crippen LogP contribution in [-0.4, -0.2) is 36.5 Å². The number of amides is 1. The molecule has 2 aliphatic heterocycles. The lowest BCUT2D eigenvalue weighted by Crippen LogP contribution is -2.42. The van der Waals surface area contributed by atoms with Gasteiger partial charge >= 0.3 is 0 Å². The van der Waals surface area contributed by atoms with E-state index in [0.717, 1.165) is 32.5 Å². The van der Waals surface area contributed by atoms with Gasteiger partial charge in [-0.1, -0.05) is 13.8 Å². The van der Waals surface area contributed by atoms with Crippen molar-refractivity contribution in [3.05, 3.63) is 0 Å². The molecule has 14 heavy (non-hydrogen) atoms. The van der Waals surface area contributed by atoms with Gasteiger partial charge in [-0.3, -0.25) is 4.79 Å². The van der Waals surface area contributed by atoms with Crippen LogP contribution in [0.1, 0.15) is 26.7 Å².